The van der Waals surface area contributed by atoms with Crippen LogP contribution in [0, 0.1) is 13.8 Å². The molecule has 2 N–H and O–H groups in total. The van der Waals surface area contributed by atoms with E-state index in [9.17, 15) is 9.90 Å². The number of aryl methyl sites for hydroxylation is 1. The van der Waals surface area contributed by atoms with Crippen molar-refractivity contribution in [2.45, 2.75) is 39.5 Å². The topological polar surface area (TPSA) is 57.5 Å². The lowest BCUT2D eigenvalue weighted by Gasteiger charge is -2.27. The molecule has 0 atom stereocenters. The molecule has 0 saturated heterocycles. The van der Waals surface area contributed by atoms with Gasteiger partial charge in [0.05, 0.1) is 6.42 Å². The Morgan fingerprint density at radius 1 is 1.41 bits per heavy atom. The summed E-state index contributed by atoms with van der Waals surface area (Å²) in [4.78, 5) is 10.9. The van der Waals surface area contributed by atoms with Crippen LogP contribution < -0.4 is 0 Å². The fraction of sp³-hybridized carbons (Fsp3) is 0.462. The highest BCUT2D eigenvalue weighted by Crippen LogP contribution is 2.40. The third-order valence-corrected chi connectivity index (χ3v) is 3.35. The highest BCUT2D eigenvalue weighted by atomic mass is 35.5. The van der Waals surface area contributed by atoms with Crippen molar-refractivity contribution < 1.29 is 15.0 Å². The van der Waals surface area contributed by atoms with Gasteiger partial charge in [0, 0.05) is 21.6 Å². The lowest BCUT2D eigenvalue weighted by atomic mass is 9.78. The van der Waals surface area contributed by atoms with Gasteiger partial charge in [0.1, 0.15) is 5.75 Å². The molecule has 0 aliphatic carbocycles. The van der Waals surface area contributed by atoms with Crippen LogP contribution >= 0.6 is 11.6 Å². The molecule has 0 saturated carbocycles. The van der Waals surface area contributed by atoms with Crippen LogP contribution in [0.3, 0.4) is 0 Å². The van der Waals surface area contributed by atoms with E-state index in [1.165, 1.54) is 0 Å². The molecule has 3 nitrogen and oxygen atoms in total. The van der Waals surface area contributed by atoms with Crippen molar-refractivity contribution in [1.82, 2.24) is 0 Å². The minimum Gasteiger partial charge on any atom is -0.507 e. The molecule has 0 bridgehead atoms. The smallest absolute Gasteiger partial charge is 0.304 e. The van der Waals surface area contributed by atoms with E-state index in [-0.39, 0.29) is 12.2 Å². The highest BCUT2D eigenvalue weighted by molar-refractivity contribution is 6.31. The molecule has 0 radical (unpaired) electrons. The maximum atomic E-state index is 10.9. The predicted octanol–water partition coefficient (Wildman–Crippen LogP) is 3.41. The van der Waals surface area contributed by atoms with Gasteiger partial charge in [-0.05, 0) is 25.5 Å². The molecule has 0 fully saturated rings. The van der Waals surface area contributed by atoms with Crippen molar-refractivity contribution in [2.75, 3.05) is 0 Å². The summed E-state index contributed by atoms with van der Waals surface area (Å²) in [7, 11) is 0. The Balaban J connectivity index is 3.40. The SMILES string of the molecule is Cc1cc(Cl)c(C)c(O)c1C(C)(C)CC(=O)O. The Morgan fingerprint density at radius 2 is 1.94 bits per heavy atom. The van der Waals surface area contributed by atoms with E-state index in [1.807, 2.05) is 6.92 Å². The van der Waals surface area contributed by atoms with Gasteiger partial charge in [0.15, 0.2) is 0 Å². The van der Waals surface area contributed by atoms with Gasteiger partial charge >= 0.3 is 5.97 Å². The van der Waals surface area contributed by atoms with E-state index in [0.29, 0.717) is 16.1 Å². The maximum absolute atomic E-state index is 10.9. The van der Waals surface area contributed by atoms with Crippen LogP contribution in [0.5, 0.6) is 5.75 Å². The minimum atomic E-state index is -0.888. The first-order valence-electron chi connectivity index (χ1n) is 5.37. The Bertz CT molecular complexity index is 464. The molecule has 1 aromatic carbocycles. The van der Waals surface area contributed by atoms with Gasteiger partial charge in [-0.2, -0.15) is 0 Å². The number of hydrogen-bond donors (Lipinski definition) is 2. The van der Waals surface area contributed by atoms with Crippen LogP contribution in [0.1, 0.15) is 37.0 Å². The van der Waals surface area contributed by atoms with Gasteiger partial charge in [-0.3, -0.25) is 4.79 Å². The lowest BCUT2D eigenvalue weighted by molar-refractivity contribution is -0.138. The first-order chi connectivity index (χ1) is 7.66. The second-order valence-corrected chi connectivity index (χ2v) is 5.39. The summed E-state index contributed by atoms with van der Waals surface area (Å²) in [6.07, 6.45) is -0.0392. The quantitative estimate of drug-likeness (QED) is 0.871. The zero-order valence-corrected chi connectivity index (χ0v) is 11.2. The van der Waals surface area contributed by atoms with Crippen LogP contribution in [0.4, 0.5) is 0 Å². The summed E-state index contributed by atoms with van der Waals surface area (Å²) >= 11 is 5.97. The number of benzene rings is 1. The Hall–Kier alpha value is -1.22. The highest BCUT2D eigenvalue weighted by Gasteiger charge is 2.30. The monoisotopic (exact) mass is 256 g/mol. The fourth-order valence-electron chi connectivity index (χ4n) is 2.18. The van der Waals surface area contributed by atoms with Gasteiger partial charge in [-0.15, -0.1) is 0 Å². The van der Waals surface area contributed by atoms with Crippen molar-refractivity contribution in [2.24, 2.45) is 0 Å². The number of phenols is 1. The summed E-state index contributed by atoms with van der Waals surface area (Å²) in [5, 5.41) is 19.5. The molecule has 0 aliphatic heterocycles. The van der Waals surface area contributed by atoms with E-state index < -0.39 is 11.4 Å². The Kier molecular flexibility index (Phi) is 3.72. The molecular formula is C13H17ClO3. The predicted molar refractivity (Wildman–Crippen MR) is 67.9 cm³/mol. The summed E-state index contributed by atoms with van der Waals surface area (Å²) in [6.45, 7) is 7.15. The first kappa shape index (κ1) is 13.8. The molecule has 0 heterocycles. The van der Waals surface area contributed by atoms with E-state index in [2.05, 4.69) is 0 Å². The van der Waals surface area contributed by atoms with Crippen molar-refractivity contribution >= 4 is 17.6 Å². The molecule has 1 aromatic rings. The molecule has 94 valence electrons. The summed E-state index contributed by atoms with van der Waals surface area (Å²) in [5.41, 5.74) is 1.42. The number of carboxylic acids is 1. The number of phenolic OH excluding ortho intramolecular Hbond substituents is 1. The molecule has 0 aliphatic rings. The minimum absolute atomic E-state index is 0.0392. The molecule has 4 heteroatoms. The van der Waals surface area contributed by atoms with Gasteiger partial charge < -0.3 is 10.2 Å². The molecule has 0 aromatic heterocycles. The summed E-state index contributed by atoms with van der Waals surface area (Å²) < 4.78 is 0. The molecule has 0 amide bonds. The average Bonchev–Trinajstić information content (AvgIpc) is 2.11. The number of rotatable bonds is 3. The number of carbonyl (C=O) groups is 1. The normalized spacial score (nSPS) is 11.6. The molecule has 0 unspecified atom stereocenters. The average molecular weight is 257 g/mol. The first-order valence-corrected chi connectivity index (χ1v) is 5.75. The number of aliphatic carboxylic acids is 1. The lowest BCUT2D eigenvalue weighted by Crippen LogP contribution is -2.23. The van der Waals surface area contributed by atoms with Crippen molar-refractivity contribution in [1.29, 1.82) is 0 Å². The summed E-state index contributed by atoms with van der Waals surface area (Å²) in [6, 6.07) is 1.76. The van der Waals surface area contributed by atoms with Gasteiger partial charge in [-0.1, -0.05) is 25.4 Å². The van der Waals surface area contributed by atoms with Crippen molar-refractivity contribution in [3.8, 4) is 5.75 Å². The fourth-order valence-corrected chi connectivity index (χ4v) is 2.43. The molecule has 17 heavy (non-hydrogen) atoms. The van der Waals surface area contributed by atoms with Gasteiger partial charge in [-0.25, -0.2) is 0 Å². The van der Waals surface area contributed by atoms with E-state index in [0.717, 1.165) is 5.56 Å². The number of aromatic hydroxyl groups is 1. The van der Waals surface area contributed by atoms with Crippen LogP contribution in [0.25, 0.3) is 0 Å². The molecule has 1 rings (SSSR count). The second-order valence-electron chi connectivity index (χ2n) is 4.98. The Morgan fingerprint density at radius 3 is 2.41 bits per heavy atom. The zero-order valence-electron chi connectivity index (χ0n) is 10.5. The molecule has 0 spiro atoms. The molecular weight excluding hydrogens is 240 g/mol. The standard InChI is InChI=1S/C13H17ClO3/c1-7-5-9(14)8(2)12(17)11(7)13(3,4)6-10(15)16/h5,17H,6H2,1-4H3,(H,15,16). The number of hydrogen-bond acceptors (Lipinski definition) is 2. The third-order valence-electron chi connectivity index (χ3n) is 2.96. The van der Waals surface area contributed by atoms with E-state index >= 15 is 0 Å². The van der Waals surface area contributed by atoms with Crippen molar-refractivity contribution in [3.63, 3.8) is 0 Å². The summed E-state index contributed by atoms with van der Waals surface area (Å²) in [5.74, 6) is -0.789. The van der Waals surface area contributed by atoms with Gasteiger partial charge in [0.2, 0.25) is 0 Å². The van der Waals surface area contributed by atoms with E-state index in [4.69, 9.17) is 16.7 Å². The Labute approximate surface area is 106 Å². The third kappa shape index (κ3) is 2.72. The van der Waals surface area contributed by atoms with Crippen LogP contribution in [0.15, 0.2) is 6.07 Å². The van der Waals surface area contributed by atoms with Crippen LogP contribution in [-0.4, -0.2) is 16.2 Å². The van der Waals surface area contributed by atoms with Gasteiger partial charge in [0.25, 0.3) is 0 Å². The van der Waals surface area contributed by atoms with E-state index in [1.54, 1.807) is 26.8 Å². The maximum Gasteiger partial charge on any atom is 0.304 e. The van der Waals surface area contributed by atoms with Crippen LogP contribution in [0.2, 0.25) is 5.02 Å². The van der Waals surface area contributed by atoms with Crippen molar-refractivity contribution in [3.05, 3.63) is 27.8 Å². The van der Waals surface area contributed by atoms with Crippen LogP contribution in [-0.2, 0) is 10.2 Å². The largest absolute Gasteiger partial charge is 0.507 e. The number of carboxylic acid groups (broad SMARTS) is 1. The second kappa shape index (κ2) is 4.57. The zero-order chi connectivity index (χ0) is 13.4. The number of halogens is 1.